The second kappa shape index (κ2) is 6.17. The Bertz CT molecular complexity index is 766. The van der Waals surface area contributed by atoms with Crippen LogP contribution in [0.15, 0.2) is 30.5 Å². The van der Waals surface area contributed by atoms with Gasteiger partial charge in [0, 0.05) is 13.5 Å². The molecule has 0 radical (unpaired) electrons. The van der Waals surface area contributed by atoms with Gasteiger partial charge in [-0.25, -0.2) is 18.4 Å². The predicted molar refractivity (Wildman–Crippen MR) is 84.5 cm³/mol. The minimum atomic E-state index is -3.35. The first kappa shape index (κ1) is 16.0. The van der Waals surface area contributed by atoms with Crippen molar-refractivity contribution in [2.24, 2.45) is 0 Å². The smallest absolute Gasteiger partial charge is 0.232 e. The largest absolute Gasteiger partial charge is 0.273 e. The molecule has 0 aliphatic rings. The van der Waals surface area contributed by atoms with Crippen LogP contribution in [0.5, 0.6) is 0 Å². The van der Waals surface area contributed by atoms with E-state index in [1.54, 1.807) is 12.1 Å². The van der Waals surface area contributed by atoms with Crippen LogP contribution in [0.4, 0.5) is 5.69 Å². The molecule has 0 N–H and O–H groups in total. The first-order valence-electron chi connectivity index (χ1n) is 5.98. The molecule has 0 saturated carbocycles. The molecule has 1 heterocycles. The van der Waals surface area contributed by atoms with Crippen LogP contribution in [0.2, 0.25) is 10.3 Å². The highest BCUT2D eigenvalue weighted by Gasteiger charge is 2.16. The third-order valence-electron chi connectivity index (χ3n) is 2.97. The monoisotopic (exact) mass is 345 g/mol. The second-order valence-electron chi connectivity index (χ2n) is 4.47. The second-order valence-corrected chi connectivity index (χ2v) is 7.23. The van der Waals surface area contributed by atoms with Gasteiger partial charge in [-0.15, -0.1) is 0 Å². The van der Waals surface area contributed by atoms with Crippen LogP contribution in [0.1, 0.15) is 11.3 Å². The molecule has 1 aromatic heterocycles. The summed E-state index contributed by atoms with van der Waals surface area (Å²) in [6, 6.07) is 7.15. The van der Waals surface area contributed by atoms with Crippen LogP contribution >= 0.6 is 23.2 Å². The number of benzene rings is 1. The van der Waals surface area contributed by atoms with Gasteiger partial charge in [0.1, 0.15) is 0 Å². The summed E-state index contributed by atoms with van der Waals surface area (Å²) < 4.78 is 24.6. The summed E-state index contributed by atoms with van der Waals surface area (Å²) >= 11 is 11.8. The van der Waals surface area contributed by atoms with Gasteiger partial charge >= 0.3 is 0 Å². The molecule has 0 atom stereocenters. The molecule has 2 aromatic rings. The number of sulfonamides is 1. The van der Waals surface area contributed by atoms with Crippen LogP contribution in [-0.4, -0.2) is 31.7 Å². The summed E-state index contributed by atoms with van der Waals surface area (Å²) in [5.41, 5.74) is 1.90. The summed E-state index contributed by atoms with van der Waals surface area (Å²) in [5, 5.41) is 0.486. The average molecular weight is 346 g/mol. The van der Waals surface area contributed by atoms with Gasteiger partial charge in [0.25, 0.3) is 0 Å². The van der Waals surface area contributed by atoms with Crippen molar-refractivity contribution in [3.8, 4) is 0 Å². The molecule has 112 valence electrons. The Labute approximate surface area is 133 Å². The van der Waals surface area contributed by atoms with Crippen LogP contribution in [0, 0.1) is 0 Å². The van der Waals surface area contributed by atoms with E-state index in [0.29, 0.717) is 22.8 Å². The molecule has 21 heavy (non-hydrogen) atoms. The van der Waals surface area contributed by atoms with Gasteiger partial charge in [0.15, 0.2) is 0 Å². The lowest BCUT2D eigenvalue weighted by molar-refractivity contribution is 0.600. The highest BCUT2D eigenvalue weighted by Crippen LogP contribution is 2.26. The highest BCUT2D eigenvalue weighted by atomic mass is 35.5. The van der Waals surface area contributed by atoms with Gasteiger partial charge in [0.2, 0.25) is 15.3 Å². The van der Waals surface area contributed by atoms with E-state index in [0.717, 1.165) is 11.8 Å². The molecule has 0 aliphatic heterocycles. The molecule has 5 nitrogen and oxygen atoms in total. The maximum absolute atomic E-state index is 11.7. The first-order chi connectivity index (χ1) is 9.79. The third kappa shape index (κ3) is 3.84. The molecule has 0 aliphatic carbocycles. The van der Waals surface area contributed by atoms with Gasteiger partial charge in [-0.05, 0) is 23.2 Å². The predicted octanol–water partition coefficient (Wildman–Crippen LogP) is 2.77. The van der Waals surface area contributed by atoms with Crippen LogP contribution < -0.4 is 4.31 Å². The Hall–Kier alpha value is -1.37. The van der Waals surface area contributed by atoms with Gasteiger partial charge < -0.3 is 0 Å². The number of halogens is 2. The van der Waals surface area contributed by atoms with E-state index in [1.165, 1.54) is 17.5 Å². The SMILES string of the molecule is CN(c1ccccc1Cc1nc(Cl)ncc1Cl)S(C)(=O)=O. The molecule has 0 amide bonds. The molecule has 0 saturated heterocycles. The van der Waals surface area contributed by atoms with Crippen LogP contribution in [0.3, 0.4) is 0 Å². The van der Waals surface area contributed by atoms with Crippen LogP contribution in [-0.2, 0) is 16.4 Å². The highest BCUT2D eigenvalue weighted by molar-refractivity contribution is 7.92. The van der Waals surface area contributed by atoms with E-state index < -0.39 is 10.0 Å². The van der Waals surface area contributed by atoms with Crippen molar-refractivity contribution < 1.29 is 8.42 Å². The molecule has 0 spiro atoms. The Morgan fingerprint density at radius 1 is 1.24 bits per heavy atom. The summed E-state index contributed by atoms with van der Waals surface area (Å²) in [6.45, 7) is 0. The van der Waals surface area contributed by atoms with Crippen molar-refractivity contribution in [3.05, 3.63) is 52.0 Å². The van der Waals surface area contributed by atoms with Crippen LogP contribution in [0.25, 0.3) is 0 Å². The van der Waals surface area contributed by atoms with E-state index in [4.69, 9.17) is 23.2 Å². The fourth-order valence-corrected chi connectivity index (χ4v) is 2.67. The fraction of sp³-hybridized carbons (Fsp3) is 0.231. The maximum atomic E-state index is 11.7. The molecule has 0 bridgehead atoms. The Balaban J connectivity index is 2.44. The zero-order valence-corrected chi connectivity index (χ0v) is 13.7. The molecule has 0 unspecified atom stereocenters. The van der Waals surface area contributed by atoms with Crippen molar-refractivity contribution in [3.63, 3.8) is 0 Å². The third-order valence-corrected chi connectivity index (χ3v) is 4.66. The zero-order valence-electron chi connectivity index (χ0n) is 11.4. The van der Waals surface area contributed by atoms with Gasteiger partial charge in [-0.3, -0.25) is 4.31 Å². The average Bonchev–Trinajstić information content (AvgIpc) is 2.42. The number of nitrogens with zero attached hydrogens (tertiary/aromatic N) is 3. The molecular formula is C13H13Cl2N3O2S. The molecule has 0 fully saturated rings. The first-order valence-corrected chi connectivity index (χ1v) is 8.58. The van der Waals surface area contributed by atoms with Gasteiger partial charge in [-0.1, -0.05) is 29.8 Å². The Kier molecular flexibility index (Phi) is 4.70. The van der Waals surface area contributed by atoms with E-state index >= 15 is 0 Å². The minimum Gasteiger partial charge on any atom is -0.273 e. The summed E-state index contributed by atoms with van der Waals surface area (Å²) in [5.74, 6) is 0. The lowest BCUT2D eigenvalue weighted by Crippen LogP contribution is -2.26. The number of para-hydroxylation sites is 1. The Morgan fingerprint density at radius 2 is 1.90 bits per heavy atom. The number of aromatic nitrogens is 2. The maximum Gasteiger partial charge on any atom is 0.232 e. The summed E-state index contributed by atoms with van der Waals surface area (Å²) in [7, 11) is -1.84. The molecule has 1 aromatic carbocycles. The topological polar surface area (TPSA) is 63.2 Å². The molecule has 8 heteroatoms. The number of rotatable bonds is 4. The molecule has 2 rings (SSSR count). The van der Waals surface area contributed by atoms with E-state index in [2.05, 4.69) is 9.97 Å². The van der Waals surface area contributed by atoms with Gasteiger partial charge in [0.05, 0.1) is 28.9 Å². The number of hydrogen-bond donors (Lipinski definition) is 0. The fourth-order valence-electron chi connectivity index (χ4n) is 1.83. The number of anilines is 1. The summed E-state index contributed by atoms with van der Waals surface area (Å²) in [4.78, 5) is 7.88. The van der Waals surface area contributed by atoms with Crippen molar-refractivity contribution in [1.29, 1.82) is 0 Å². The van der Waals surface area contributed by atoms with E-state index in [9.17, 15) is 8.42 Å². The number of hydrogen-bond acceptors (Lipinski definition) is 4. The minimum absolute atomic E-state index is 0.100. The lowest BCUT2D eigenvalue weighted by Gasteiger charge is -2.20. The van der Waals surface area contributed by atoms with E-state index in [-0.39, 0.29) is 5.28 Å². The quantitative estimate of drug-likeness (QED) is 0.799. The standard InChI is InChI=1S/C13H13Cl2N3O2S/c1-18(21(2,19)20)12-6-4-3-5-9(12)7-11-10(14)8-16-13(15)17-11/h3-6,8H,7H2,1-2H3. The lowest BCUT2D eigenvalue weighted by atomic mass is 10.1. The van der Waals surface area contributed by atoms with Crippen molar-refractivity contribution in [2.45, 2.75) is 6.42 Å². The molecular weight excluding hydrogens is 333 g/mol. The zero-order chi connectivity index (χ0) is 15.6. The van der Waals surface area contributed by atoms with Crippen molar-refractivity contribution in [2.75, 3.05) is 17.6 Å². The normalized spacial score (nSPS) is 11.4. The summed E-state index contributed by atoms with van der Waals surface area (Å²) in [6.07, 6.45) is 2.94. The van der Waals surface area contributed by atoms with Crippen molar-refractivity contribution in [1.82, 2.24) is 9.97 Å². The Morgan fingerprint density at radius 3 is 2.57 bits per heavy atom. The van der Waals surface area contributed by atoms with E-state index in [1.807, 2.05) is 12.1 Å². The van der Waals surface area contributed by atoms with Crippen molar-refractivity contribution >= 4 is 38.9 Å². The van der Waals surface area contributed by atoms with Gasteiger partial charge in [-0.2, -0.15) is 0 Å².